The van der Waals surface area contributed by atoms with Crippen molar-refractivity contribution in [2.75, 3.05) is 0 Å². The van der Waals surface area contributed by atoms with Crippen LogP contribution in [0.15, 0.2) is 42.9 Å². The lowest BCUT2D eigenvalue weighted by Crippen LogP contribution is -2.58. The molecule has 0 N–H and O–H groups in total. The standard InChI is InChI=1S/C30H39N5/c1-2-7-22-14-21(6-1)15-26(16-22)34-24-8-5-9-25(34)19-27(18-24)35-29-11-4-3-10-28(29)33-30(35)17-23-20-31-12-13-32-23/h3-4,10-13,20-22,24-27H,1-2,5-9,14-19H2/t21-,22+,24-,25+,26+,27-. The number of nitrogens with zero attached hydrogens (tertiary/aromatic N) is 5. The zero-order valence-corrected chi connectivity index (χ0v) is 20.9. The number of para-hydroxylation sites is 2. The van der Waals surface area contributed by atoms with Crippen molar-refractivity contribution in [3.63, 3.8) is 0 Å². The van der Waals surface area contributed by atoms with Crippen molar-refractivity contribution >= 4 is 11.0 Å². The van der Waals surface area contributed by atoms with E-state index < -0.39 is 0 Å². The van der Waals surface area contributed by atoms with Crippen LogP contribution in [0.25, 0.3) is 11.0 Å². The van der Waals surface area contributed by atoms with Crippen LogP contribution < -0.4 is 0 Å². The summed E-state index contributed by atoms with van der Waals surface area (Å²) in [5.74, 6) is 3.15. The predicted octanol–water partition coefficient (Wildman–Crippen LogP) is 6.33. The van der Waals surface area contributed by atoms with E-state index in [1.165, 1.54) is 82.6 Å². The number of imidazole rings is 1. The van der Waals surface area contributed by atoms with Crippen LogP contribution in [0.5, 0.6) is 0 Å². The van der Waals surface area contributed by atoms with Crippen molar-refractivity contribution in [1.82, 2.24) is 24.4 Å². The lowest BCUT2D eigenvalue weighted by Gasteiger charge is -2.54. The molecule has 0 unspecified atom stereocenters. The molecule has 5 nitrogen and oxygen atoms in total. The molecule has 0 amide bonds. The summed E-state index contributed by atoms with van der Waals surface area (Å²) in [5.41, 5.74) is 3.42. The molecule has 6 atom stereocenters. The van der Waals surface area contributed by atoms with Crippen LogP contribution in [-0.4, -0.2) is 42.5 Å². The largest absolute Gasteiger partial charge is 0.324 e. The van der Waals surface area contributed by atoms with Gasteiger partial charge in [-0.2, -0.15) is 0 Å². The number of fused-ring (bicyclic) bond motifs is 5. The third-order valence-corrected chi connectivity index (χ3v) is 9.77. The van der Waals surface area contributed by atoms with Gasteiger partial charge in [-0.25, -0.2) is 4.98 Å². The molecular weight excluding hydrogens is 430 g/mol. The lowest BCUT2D eigenvalue weighted by molar-refractivity contribution is -0.0419. The summed E-state index contributed by atoms with van der Waals surface area (Å²) in [4.78, 5) is 17.1. The van der Waals surface area contributed by atoms with E-state index in [0.717, 1.165) is 53.4 Å². The lowest BCUT2D eigenvalue weighted by atomic mass is 9.73. The fraction of sp³-hybridized carbons (Fsp3) is 0.633. The maximum atomic E-state index is 5.12. The van der Waals surface area contributed by atoms with E-state index in [2.05, 4.69) is 43.7 Å². The molecule has 2 aliphatic carbocycles. The fourth-order valence-electron chi connectivity index (χ4n) is 8.52. The quantitative estimate of drug-likeness (QED) is 0.448. The van der Waals surface area contributed by atoms with E-state index >= 15 is 0 Å². The maximum Gasteiger partial charge on any atom is 0.116 e. The van der Waals surface area contributed by atoms with Crippen molar-refractivity contribution in [2.24, 2.45) is 11.8 Å². The number of aromatic nitrogens is 4. The maximum absolute atomic E-state index is 5.12. The van der Waals surface area contributed by atoms with Crippen LogP contribution in [0.2, 0.25) is 0 Å². The van der Waals surface area contributed by atoms with Gasteiger partial charge < -0.3 is 4.57 Å². The van der Waals surface area contributed by atoms with Gasteiger partial charge >= 0.3 is 0 Å². The average molecular weight is 470 g/mol. The van der Waals surface area contributed by atoms with E-state index in [-0.39, 0.29) is 0 Å². The predicted molar refractivity (Wildman–Crippen MR) is 139 cm³/mol. The summed E-state index contributed by atoms with van der Waals surface area (Å²) in [6.45, 7) is 0. The Hall–Kier alpha value is -2.27. The van der Waals surface area contributed by atoms with E-state index in [0.29, 0.717) is 6.04 Å². The Morgan fingerprint density at radius 2 is 1.51 bits per heavy atom. The molecule has 0 spiro atoms. The molecule has 0 radical (unpaired) electrons. The molecule has 7 rings (SSSR count). The van der Waals surface area contributed by atoms with E-state index in [1.54, 1.807) is 12.4 Å². The third kappa shape index (κ3) is 4.20. The molecule has 4 heterocycles. The van der Waals surface area contributed by atoms with Gasteiger partial charge in [0.15, 0.2) is 0 Å². The Balaban J connectivity index is 1.19. The molecule has 35 heavy (non-hydrogen) atoms. The smallest absolute Gasteiger partial charge is 0.116 e. The first-order chi connectivity index (χ1) is 17.3. The second kappa shape index (κ2) is 9.31. The van der Waals surface area contributed by atoms with Crippen molar-refractivity contribution in [1.29, 1.82) is 0 Å². The number of hydrogen-bond acceptors (Lipinski definition) is 4. The Morgan fingerprint density at radius 1 is 0.743 bits per heavy atom. The summed E-state index contributed by atoms with van der Waals surface area (Å²) in [6.07, 6.45) is 23.3. The highest BCUT2D eigenvalue weighted by Gasteiger charge is 2.45. The molecule has 2 aliphatic heterocycles. The van der Waals surface area contributed by atoms with Gasteiger partial charge in [-0.1, -0.05) is 44.2 Å². The van der Waals surface area contributed by atoms with Crippen molar-refractivity contribution in [3.05, 3.63) is 54.4 Å². The number of rotatable bonds is 4. The van der Waals surface area contributed by atoms with Crippen molar-refractivity contribution in [3.8, 4) is 0 Å². The molecule has 2 saturated carbocycles. The minimum absolute atomic E-state index is 0.534. The zero-order chi connectivity index (χ0) is 23.2. The Bertz CT molecular complexity index is 1130. The summed E-state index contributed by atoms with van der Waals surface area (Å²) in [5, 5.41) is 0. The molecule has 2 aromatic heterocycles. The van der Waals surface area contributed by atoms with Crippen molar-refractivity contribution < 1.29 is 0 Å². The first-order valence-corrected chi connectivity index (χ1v) is 14.3. The van der Waals surface area contributed by atoms with Gasteiger partial charge in [0.25, 0.3) is 0 Å². The van der Waals surface area contributed by atoms with Crippen molar-refractivity contribution in [2.45, 2.75) is 108 Å². The third-order valence-electron chi connectivity index (χ3n) is 9.77. The molecule has 184 valence electrons. The van der Waals surface area contributed by atoms with Crippen LogP contribution in [0, 0.1) is 11.8 Å². The molecular formula is C30H39N5. The van der Waals surface area contributed by atoms with Crippen LogP contribution in [0.4, 0.5) is 0 Å². The van der Waals surface area contributed by atoms with Crippen LogP contribution in [0.1, 0.15) is 94.6 Å². The van der Waals surface area contributed by atoms with Crippen LogP contribution >= 0.6 is 0 Å². The first-order valence-electron chi connectivity index (χ1n) is 14.3. The zero-order valence-electron chi connectivity index (χ0n) is 20.9. The molecule has 4 fully saturated rings. The second-order valence-corrected chi connectivity index (χ2v) is 11.9. The highest BCUT2D eigenvalue weighted by molar-refractivity contribution is 5.76. The molecule has 5 heteroatoms. The summed E-state index contributed by atoms with van der Waals surface area (Å²) in [6, 6.07) is 11.6. The average Bonchev–Trinajstić information content (AvgIpc) is 3.14. The van der Waals surface area contributed by atoms with E-state index in [1.807, 2.05) is 6.20 Å². The Morgan fingerprint density at radius 3 is 2.26 bits per heavy atom. The Kier molecular flexibility index (Phi) is 5.84. The molecule has 1 aromatic carbocycles. The topological polar surface area (TPSA) is 46.8 Å². The van der Waals surface area contributed by atoms with Gasteiger partial charge in [0.1, 0.15) is 5.82 Å². The van der Waals surface area contributed by atoms with Gasteiger partial charge in [-0.05, 0) is 68.9 Å². The van der Waals surface area contributed by atoms with Gasteiger partial charge in [-0.15, -0.1) is 0 Å². The minimum Gasteiger partial charge on any atom is -0.324 e. The summed E-state index contributed by atoms with van der Waals surface area (Å²) in [7, 11) is 0. The first kappa shape index (κ1) is 22.0. The Labute approximate surface area is 209 Å². The molecule has 4 aliphatic rings. The molecule has 4 bridgehead atoms. The van der Waals surface area contributed by atoms with Gasteiger partial charge in [0.2, 0.25) is 0 Å². The molecule has 3 aromatic rings. The van der Waals surface area contributed by atoms with E-state index in [4.69, 9.17) is 4.98 Å². The van der Waals surface area contributed by atoms with Crippen LogP contribution in [-0.2, 0) is 6.42 Å². The fourth-order valence-corrected chi connectivity index (χ4v) is 8.52. The van der Waals surface area contributed by atoms with E-state index in [9.17, 15) is 0 Å². The second-order valence-electron chi connectivity index (χ2n) is 11.9. The molecule has 2 saturated heterocycles. The summed E-state index contributed by atoms with van der Waals surface area (Å²) >= 11 is 0. The number of benzene rings is 1. The highest BCUT2D eigenvalue weighted by atomic mass is 15.3. The highest BCUT2D eigenvalue weighted by Crippen LogP contribution is 2.47. The van der Waals surface area contributed by atoms with Gasteiger partial charge in [-0.3, -0.25) is 14.9 Å². The normalized spacial score (nSPS) is 33.5. The SMILES string of the molecule is c1ccc2c(c1)nc(Cc1cnccn1)n2[C@@H]1C[C@H]2CCC[C@@H](C1)N2[C@H]1C[C@@H]2CCCC[C@@H](C2)C1. The number of hydrogen-bond donors (Lipinski definition) is 0. The van der Waals surface area contributed by atoms with Gasteiger partial charge in [0.05, 0.1) is 16.7 Å². The summed E-state index contributed by atoms with van der Waals surface area (Å²) < 4.78 is 2.60. The van der Waals surface area contributed by atoms with Crippen LogP contribution in [0.3, 0.4) is 0 Å². The number of piperidine rings is 2. The van der Waals surface area contributed by atoms with Gasteiger partial charge in [0, 0.05) is 49.2 Å². The minimum atomic E-state index is 0.534. The monoisotopic (exact) mass is 469 g/mol.